The fraction of sp³-hybridized carbons (Fsp3) is 0.333. The molecular formula is C15H19NO. The van der Waals surface area contributed by atoms with E-state index in [0.717, 1.165) is 36.0 Å². The van der Waals surface area contributed by atoms with E-state index in [1.807, 2.05) is 12.1 Å². The number of aryl methyl sites for hydroxylation is 1. The highest BCUT2D eigenvalue weighted by Crippen LogP contribution is 2.26. The number of rotatable bonds is 5. The highest BCUT2D eigenvalue weighted by Gasteiger charge is 2.11. The summed E-state index contributed by atoms with van der Waals surface area (Å²) in [7, 11) is 0. The molecule has 2 aromatic rings. The Bertz CT molecular complexity index is 513. The van der Waals surface area contributed by atoms with Crippen LogP contribution in [0.15, 0.2) is 41.3 Å². The van der Waals surface area contributed by atoms with Gasteiger partial charge in [-0.2, -0.15) is 0 Å². The average molecular weight is 229 g/mol. The van der Waals surface area contributed by atoms with Crippen LogP contribution in [0.25, 0.3) is 11.0 Å². The van der Waals surface area contributed by atoms with Gasteiger partial charge in [0.15, 0.2) is 0 Å². The SMILES string of the molecule is C=CCCCC(N)c1cc2cc(C)ccc2o1. The van der Waals surface area contributed by atoms with E-state index < -0.39 is 0 Å². The van der Waals surface area contributed by atoms with Crippen molar-refractivity contribution in [2.24, 2.45) is 5.73 Å². The van der Waals surface area contributed by atoms with Gasteiger partial charge in [-0.15, -0.1) is 6.58 Å². The Morgan fingerprint density at radius 3 is 3.00 bits per heavy atom. The Hall–Kier alpha value is -1.54. The van der Waals surface area contributed by atoms with E-state index >= 15 is 0 Å². The van der Waals surface area contributed by atoms with Gasteiger partial charge < -0.3 is 10.2 Å². The van der Waals surface area contributed by atoms with Crippen molar-refractivity contribution in [2.75, 3.05) is 0 Å². The Balaban J connectivity index is 2.15. The second kappa shape index (κ2) is 5.19. The van der Waals surface area contributed by atoms with Gasteiger partial charge in [0.25, 0.3) is 0 Å². The topological polar surface area (TPSA) is 39.2 Å². The molecule has 2 N–H and O–H groups in total. The lowest BCUT2D eigenvalue weighted by atomic mass is 10.1. The molecule has 0 saturated heterocycles. The predicted molar refractivity (Wildman–Crippen MR) is 71.9 cm³/mol. The van der Waals surface area contributed by atoms with E-state index in [0.29, 0.717) is 0 Å². The smallest absolute Gasteiger partial charge is 0.134 e. The minimum absolute atomic E-state index is 0.0114. The normalized spacial score (nSPS) is 12.8. The molecule has 0 aliphatic carbocycles. The molecule has 0 amide bonds. The van der Waals surface area contributed by atoms with Crippen molar-refractivity contribution in [3.8, 4) is 0 Å². The molecule has 1 aromatic heterocycles. The number of allylic oxidation sites excluding steroid dienone is 1. The summed E-state index contributed by atoms with van der Waals surface area (Å²) in [6, 6.07) is 8.23. The third kappa shape index (κ3) is 2.77. The zero-order valence-electron chi connectivity index (χ0n) is 10.3. The summed E-state index contributed by atoms with van der Waals surface area (Å²) in [5.74, 6) is 0.884. The first-order valence-corrected chi connectivity index (χ1v) is 6.07. The third-order valence-corrected chi connectivity index (χ3v) is 2.98. The Labute approximate surface area is 102 Å². The molecule has 2 nitrogen and oxygen atoms in total. The van der Waals surface area contributed by atoms with E-state index in [9.17, 15) is 0 Å². The van der Waals surface area contributed by atoms with Gasteiger partial charge in [-0.1, -0.05) is 17.7 Å². The van der Waals surface area contributed by atoms with Gasteiger partial charge in [-0.25, -0.2) is 0 Å². The van der Waals surface area contributed by atoms with Gasteiger partial charge in [0.1, 0.15) is 11.3 Å². The molecule has 0 aliphatic heterocycles. The van der Waals surface area contributed by atoms with Crippen molar-refractivity contribution in [3.05, 3.63) is 48.2 Å². The molecule has 1 heterocycles. The van der Waals surface area contributed by atoms with Crippen molar-refractivity contribution < 1.29 is 4.42 Å². The lowest BCUT2D eigenvalue weighted by Gasteiger charge is -2.06. The molecule has 2 rings (SSSR count). The number of furan rings is 1. The summed E-state index contributed by atoms with van der Waals surface area (Å²) < 4.78 is 5.76. The van der Waals surface area contributed by atoms with Gasteiger partial charge in [0.2, 0.25) is 0 Å². The quantitative estimate of drug-likeness (QED) is 0.619. The second-order valence-corrected chi connectivity index (χ2v) is 4.52. The van der Waals surface area contributed by atoms with Gasteiger partial charge in [0.05, 0.1) is 6.04 Å². The predicted octanol–water partition coefficient (Wildman–Crippen LogP) is 4.10. The number of fused-ring (bicyclic) bond motifs is 1. The largest absolute Gasteiger partial charge is 0.459 e. The summed E-state index contributed by atoms with van der Waals surface area (Å²) in [5.41, 5.74) is 8.27. The summed E-state index contributed by atoms with van der Waals surface area (Å²) in [6.07, 6.45) is 4.92. The highest BCUT2D eigenvalue weighted by atomic mass is 16.3. The summed E-state index contributed by atoms with van der Waals surface area (Å²) in [5, 5.41) is 1.14. The molecule has 0 saturated carbocycles. The molecule has 90 valence electrons. The van der Waals surface area contributed by atoms with Crippen LogP contribution in [-0.4, -0.2) is 0 Å². The number of nitrogens with two attached hydrogens (primary N) is 1. The molecule has 1 unspecified atom stereocenters. The monoisotopic (exact) mass is 229 g/mol. The first-order chi connectivity index (χ1) is 8.20. The van der Waals surface area contributed by atoms with Crippen LogP contribution >= 0.6 is 0 Å². The minimum atomic E-state index is -0.0114. The minimum Gasteiger partial charge on any atom is -0.459 e. The number of hydrogen-bond donors (Lipinski definition) is 1. The maximum absolute atomic E-state index is 6.11. The van der Waals surface area contributed by atoms with Crippen LogP contribution in [0.4, 0.5) is 0 Å². The molecule has 0 spiro atoms. The molecule has 1 aromatic carbocycles. The van der Waals surface area contributed by atoms with Gasteiger partial charge in [0, 0.05) is 5.39 Å². The van der Waals surface area contributed by atoms with Crippen LogP contribution < -0.4 is 5.73 Å². The van der Waals surface area contributed by atoms with Crippen LogP contribution in [0.5, 0.6) is 0 Å². The lowest BCUT2D eigenvalue weighted by Crippen LogP contribution is -2.08. The molecule has 0 radical (unpaired) electrons. The van der Waals surface area contributed by atoms with E-state index in [4.69, 9.17) is 10.2 Å². The highest BCUT2D eigenvalue weighted by molar-refractivity contribution is 5.78. The summed E-state index contributed by atoms with van der Waals surface area (Å²) >= 11 is 0. The van der Waals surface area contributed by atoms with Crippen LogP contribution in [0.3, 0.4) is 0 Å². The first-order valence-electron chi connectivity index (χ1n) is 6.07. The van der Waals surface area contributed by atoms with Crippen molar-refractivity contribution in [1.29, 1.82) is 0 Å². The second-order valence-electron chi connectivity index (χ2n) is 4.52. The van der Waals surface area contributed by atoms with Crippen LogP contribution in [0, 0.1) is 6.92 Å². The maximum atomic E-state index is 6.11. The number of hydrogen-bond acceptors (Lipinski definition) is 2. The summed E-state index contributed by atoms with van der Waals surface area (Å²) in [6.45, 7) is 5.79. The van der Waals surface area contributed by atoms with Crippen LogP contribution in [0.1, 0.15) is 36.6 Å². The first kappa shape index (κ1) is 11.9. The van der Waals surface area contributed by atoms with Crippen LogP contribution in [0.2, 0.25) is 0 Å². The van der Waals surface area contributed by atoms with E-state index in [2.05, 4.69) is 31.7 Å². The third-order valence-electron chi connectivity index (χ3n) is 2.98. The van der Waals surface area contributed by atoms with E-state index in [1.165, 1.54) is 5.56 Å². The van der Waals surface area contributed by atoms with Crippen LogP contribution in [-0.2, 0) is 0 Å². The molecular weight excluding hydrogens is 210 g/mol. The molecule has 0 bridgehead atoms. The Morgan fingerprint density at radius 1 is 1.41 bits per heavy atom. The average Bonchev–Trinajstić information content (AvgIpc) is 2.72. The van der Waals surface area contributed by atoms with Gasteiger partial charge in [-0.3, -0.25) is 0 Å². The molecule has 0 fully saturated rings. The van der Waals surface area contributed by atoms with Gasteiger partial charge in [-0.05, 0) is 44.4 Å². The van der Waals surface area contributed by atoms with Crippen molar-refractivity contribution in [3.63, 3.8) is 0 Å². The van der Waals surface area contributed by atoms with E-state index in [-0.39, 0.29) is 6.04 Å². The fourth-order valence-corrected chi connectivity index (χ4v) is 1.99. The summed E-state index contributed by atoms with van der Waals surface area (Å²) in [4.78, 5) is 0. The molecule has 2 heteroatoms. The zero-order chi connectivity index (χ0) is 12.3. The van der Waals surface area contributed by atoms with Crippen molar-refractivity contribution >= 4 is 11.0 Å². The Morgan fingerprint density at radius 2 is 2.24 bits per heavy atom. The molecule has 1 atom stereocenters. The van der Waals surface area contributed by atoms with Gasteiger partial charge >= 0.3 is 0 Å². The standard InChI is InChI=1S/C15H19NO/c1-3-4-5-6-13(16)15-10-12-9-11(2)7-8-14(12)17-15/h3,7-10,13H,1,4-6,16H2,2H3. The van der Waals surface area contributed by atoms with E-state index in [1.54, 1.807) is 0 Å². The van der Waals surface area contributed by atoms with Crippen molar-refractivity contribution in [1.82, 2.24) is 0 Å². The number of benzene rings is 1. The van der Waals surface area contributed by atoms with Crippen molar-refractivity contribution in [2.45, 2.75) is 32.2 Å². The fourth-order valence-electron chi connectivity index (χ4n) is 1.99. The number of unbranched alkanes of at least 4 members (excludes halogenated alkanes) is 1. The zero-order valence-corrected chi connectivity index (χ0v) is 10.3. The Kier molecular flexibility index (Phi) is 3.64. The molecule has 17 heavy (non-hydrogen) atoms. The maximum Gasteiger partial charge on any atom is 0.134 e. The lowest BCUT2D eigenvalue weighted by molar-refractivity contribution is 0.471. The molecule has 0 aliphatic rings.